The number of nitrogens with one attached hydrogen (secondary N) is 1. The number of hydrogen-bond acceptors (Lipinski definition) is 3. The van der Waals surface area contributed by atoms with Gasteiger partial charge in [-0.1, -0.05) is 0 Å². The van der Waals surface area contributed by atoms with E-state index < -0.39 is 6.10 Å². The van der Waals surface area contributed by atoms with E-state index >= 15 is 0 Å². The summed E-state index contributed by atoms with van der Waals surface area (Å²) in [6, 6.07) is 0. The normalized spacial score (nSPS) is 20.2. The first kappa shape index (κ1) is 8.99. The van der Waals surface area contributed by atoms with Crippen LogP contribution in [-0.4, -0.2) is 47.6 Å². The van der Waals surface area contributed by atoms with Gasteiger partial charge in [-0.3, -0.25) is 9.59 Å². The zero-order valence-corrected chi connectivity index (χ0v) is 6.91. The summed E-state index contributed by atoms with van der Waals surface area (Å²) in [6.07, 6.45) is -1.02. The summed E-state index contributed by atoms with van der Waals surface area (Å²) >= 11 is 0. The number of rotatable bonds is 1. The molecule has 12 heavy (non-hydrogen) atoms. The van der Waals surface area contributed by atoms with Gasteiger partial charge in [0.05, 0.1) is 6.54 Å². The maximum Gasteiger partial charge on any atom is 0.251 e. The molecule has 2 amide bonds. The Labute approximate surface area is 70.4 Å². The van der Waals surface area contributed by atoms with Crippen LogP contribution in [0.2, 0.25) is 0 Å². The van der Waals surface area contributed by atoms with Crippen LogP contribution in [0.5, 0.6) is 0 Å². The van der Waals surface area contributed by atoms with Crippen LogP contribution in [-0.2, 0) is 9.59 Å². The molecule has 1 aliphatic rings. The van der Waals surface area contributed by atoms with E-state index in [1.165, 1.54) is 11.8 Å². The lowest BCUT2D eigenvalue weighted by molar-refractivity contribution is -0.144. The minimum absolute atomic E-state index is 0.0593. The van der Waals surface area contributed by atoms with Crippen LogP contribution in [0.4, 0.5) is 0 Å². The third-order valence-electron chi connectivity index (χ3n) is 1.71. The molecule has 0 radical (unpaired) electrons. The van der Waals surface area contributed by atoms with E-state index in [0.29, 0.717) is 13.1 Å². The SMILES string of the molecule is CC(O)C(=O)N1CCNC(=O)C1. The molecule has 2 N–H and O–H groups in total. The van der Waals surface area contributed by atoms with E-state index in [1.807, 2.05) is 0 Å². The average Bonchev–Trinajstić information content (AvgIpc) is 2.03. The maximum atomic E-state index is 11.1. The number of amides is 2. The van der Waals surface area contributed by atoms with Gasteiger partial charge in [0.15, 0.2) is 0 Å². The molecule has 0 saturated carbocycles. The van der Waals surface area contributed by atoms with E-state index in [2.05, 4.69) is 5.32 Å². The Morgan fingerprint density at radius 1 is 1.75 bits per heavy atom. The van der Waals surface area contributed by atoms with Gasteiger partial charge in [-0.05, 0) is 6.92 Å². The quantitative estimate of drug-likeness (QED) is 0.496. The highest BCUT2D eigenvalue weighted by Gasteiger charge is 2.23. The summed E-state index contributed by atoms with van der Waals surface area (Å²) in [5.41, 5.74) is 0. The Bertz CT molecular complexity index is 203. The van der Waals surface area contributed by atoms with Crippen molar-refractivity contribution < 1.29 is 14.7 Å². The van der Waals surface area contributed by atoms with Crippen LogP contribution < -0.4 is 5.32 Å². The molecule has 5 heteroatoms. The fourth-order valence-electron chi connectivity index (χ4n) is 1.09. The molecule has 1 heterocycles. The topological polar surface area (TPSA) is 69.6 Å². The molecule has 68 valence electrons. The molecule has 5 nitrogen and oxygen atoms in total. The molecule has 1 fully saturated rings. The van der Waals surface area contributed by atoms with Crippen molar-refractivity contribution in [2.24, 2.45) is 0 Å². The maximum absolute atomic E-state index is 11.1. The van der Waals surface area contributed by atoms with Gasteiger partial charge in [0.25, 0.3) is 5.91 Å². The monoisotopic (exact) mass is 172 g/mol. The zero-order chi connectivity index (χ0) is 9.14. The van der Waals surface area contributed by atoms with Crippen molar-refractivity contribution in [3.8, 4) is 0 Å². The van der Waals surface area contributed by atoms with Crippen LogP contribution in [0, 0.1) is 0 Å². The molecule has 0 aromatic carbocycles. The summed E-state index contributed by atoms with van der Waals surface area (Å²) in [5, 5.41) is 11.5. The Balaban J connectivity index is 2.51. The van der Waals surface area contributed by atoms with Crippen molar-refractivity contribution in [1.29, 1.82) is 0 Å². The Morgan fingerprint density at radius 3 is 2.92 bits per heavy atom. The van der Waals surface area contributed by atoms with Crippen LogP contribution in [0.15, 0.2) is 0 Å². The molecular weight excluding hydrogens is 160 g/mol. The van der Waals surface area contributed by atoms with Gasteiger partial charge in [0.2, 0.25) is 5.91 Å². The van der Waals surface area contributed by atoms with Crippen LogP contribution in [0.25, 0.3) is 0 Å². The summed E-state index contributed by atoms with van der Waals surface area (Å²) in [5.74, 6) is -0.555. The summed E-state index contributed by atoms with van der Waals surface area (Å²) in [7, 11) is 0. The van der Waals surface area contributed by atoms with Gasteiger partial charge in [0.1, 0.15) is 6.10 Å². The lowest BCUT2D eigenvalue weighted by Crippen LogP contribution is -2.52. The highest BCUT2D eigenvalue weighted by atomic mass is 16.3. The van der Waals surface area contributed by atoms with Crippen LogP contribution in [0.3, 0.4) is 0 Å². The smallest absolute Gasteiger partial charge is 0.251 e. The highest BCUT2D eigenvalue weighted by Crippen LogP contribution is 1.97. The van der Waals surface area contributed by atoms with E-state index in [0.717, 1.165) is 0 Å². The van der Waals surface area contributed by atoms with Gasteiger partial charge < -0.3 is 15.3 Å². The first-order chi connectivity index (χ1) is 5.61. The lowest BCUT2D eigenvalue weighted by Gasteiger charge is -2.27. The number of hydrogen-bond donors (Lipinski definition) is 2. The third kappa shape index (κ3) is 1.94. The van der Waals surface area contributed by atoms with Crippen LogP contribution >= 0.6 is 0 Å². The van der Waals surface area contributed by atoms with Crippen molar-refractivity contribution in [3.63, 3.8) is 0 Å². The molecule has 1 rings (SSSR count). The third-order valence-corrected chi connectivity index (χ3v) is 1.71. The summed E-state index contributed by atoms with van der Waals surface area (Å²) in [4.78, 5) is 23.3. The molecule has 0 aromatic heterocycles. The molecule has 0 aromatic rings. The molecule has 0 spiro atoms. The van der Waals surface area contributed by atoms with Gasteiger partial charge in [0, 0.05) is 13.1 Å². The molecule has 1 saturated heterocycles. The molecular formula is C7H12N2O3. The van der Waals surface area contributed by atoms with E-state index in [9.17, 15) is 9.59 Å². The van der Waals surface area contributed by atoms with Crippen molar-refractivity contribution in [2.75, 3.05) is 19.6 Å². The number of aliphatic hydroxyl groups is 1. The van der Waals surface area contributed by atoms with Gasteiger partial charge >= 0.3 is 0 Å². The van der Waals surface area contributed by atoms with Crippen molar-refractivity contribution in [2.45, 2.75) is 13.0 Å². The Hall–Kier alpha value is -1.10. The largest absolute Gasteiger partial charge is 0.384 e. The number of nitrogens with zero attached hydrogens (tertiary/aromatic N) is 1. The lowest BCUT2D eigenvalue weighted by atomic mass is 10.3. The fourth-order valence-corrected chi connectivity index (χ4v) is 1.09. The van der Waals surface area contributed by atoms with Crippen molar-refractivity contribution in [3.05, 3.63) is 0 Å². The predicted octanol–water partition coefficient (Wildman–Crippen LogP) is -1.67. The van der Waals surface area contributed by atoms with E-state index in [1.54, 1.807) is 0 Å². The highest BCUT2D eigenvalue weighted by molar-refractivity contribution is 5.87. The number of aliphatic hydroxyl groups excluding tert-OH is 1. The summed E-state index contributed by atoms with van der Waals surface area (Å²) < 4.78 is 0. The van der Waals surface area contributed by atoms with E-state index in [-0.39, 0.29) is 18.4 Å². The minimum Gasteiger partial charge on any atom is -0.384 e. The standard InChI is InChI=1S/C7H12N2O3/c1-5(10)7(12)9-3-2-8-6(11)4-9/h5,10H,2-4H2,1H3,(H,8,11). The molecule has 1 atom stereocenters. The van der Waals surface area contributed by atoms with Crippen molar-refractivity contribution >= 4 is 11.8 Å². The number of piperazine rings is 1. The molecule has 1 aliphatic heterocycles. The predicted molar refractivity (Wildman–Crippen MR) is 41.3 cm³/mol. The fraction of sp³-hybridized carbons (Fsp3) is 0.714. The second kappa shape index (κ2) is 3.53. The average molecular weight is 172 g/mol. The molecule has 0 aliphatic carbocycles. The Kier molecular flexibility index (Phi) is 2.65. The number of carbonyl (C=O) groups excluding carboxylic acids is 2. The second-order valence-electron chi connectivity index (χ2n) is 2.79. The zero-order valence-electron chi connectivity index (χ0n) is 6.91. The first-order valence-electron chi connectivity index (χ1n) is 3.85. The van der Waals surface area contributed by atoms with Gasteiger partial charge in [-0.25, -0.2) is 0 Å². The van der Waals surface area contributed by atoms with E-state index in [4.69, 9.17) is 5.11 Å². The first-order valence-corrected chi connectivity index (χ1v) is 3.85. The summed E-state index contributed by atoms with van der Waals surface area (Å²) in [6.45, 7) is 2.41. The van der Waals surface area contributed by atoms with Crippen molar-refractivity contribution in [1.82, 2.24) is 10.2 Å². The Morgan fingerprint density at radius 2 is 2.42 bits per heavy atom. The van der Waals surface area contributed by atoms with Gasteiger partial charge in [-0.15, -0.1) is 0 Å². The molecule has 0 bridgehead atoms. The van der Waals surface area contributed by atoms with Crippen LogP contribution in [0.1, 0.15) is 6.92 Å². The molecule has 1 unspecified atom stereocenters. The van der Waals surface area contributed by atoms with Gasteiger partial charge in [-0.2, -0.15) is 0 Å². The second-order valence-corrected chi connectivity index (χ2v) is 2.79. The minimum atomic E-state index is -1.02. The number of carbonyl (C=O) groups is 2.